The van der Waals surface area contributed by atoms with Crippen LogP contribution in [0.2, 0.25) is 0 Å². The van der Waals surface area contributed by atoms with Crippen molar-refractivity contribution in [3.05, 3.63) is 23.8 Å². The zero-order valence-electron chi connectivity index (χ0n) is 11.9. The van der Waals surface area contributed by atoms with Gasteiger partial charge in [0.15, 0.2) is 0 Å². The molecule has 0 amide bonds. The number of nitrogen functional groups attached to an aromatic ring is 1. The smallest absolute Gasteiger partial charge is 0.243 e. The standard InChI is InChI=1S/C13H20F2N2O2S2/c1-20-7-5-3-2-4-6-17-21(18,19)13-9-12(16)10(14)8-11(13)15/h8-9,17H,2-7,16H2,1H3. The van der Waals surface area contributed by atoms with Gasteiger partial charge in [-0.15, -0.1) is 0 Å². The average molecular weight is 338 g/mol. The number of anilines is 1. The summed E-state index contributed by atoms with van der Waals surface area (Å²) in [7, 11) is -4.00. The van der Waals surface area contributed by atoms with Gasteiger partial charge in [0, 0.05) is 12.6 Å². The molecule has 0 bridgehead atoms. The predicted octanol–water partition coefficient (Wildman–Crippen LogP) is 2.75. The van der Waals surface area contributed by atoms with Gasteiger partial charge in [0.2, 0.25) is 10.0 Å². The number of rotatable bonds is 9. The predicted molar refractivity (Wildman–Crippen MR) is 82.8 cm³/mol. The molecule has 0 saturated carbocycles. The van der Waals surface area contributed by atoms with E-state index in [1.165, 1.54) is 0 Å². The van der Waals surface area contributed by atoms with E-state index < -0.39 is 32.2 Å². The van der Waals surface area contributed by atoms with Crippen molar-refractivity contribution in [2.45, 2.75) is 30.6 Å². The van der Waals surface area contributed by atoms with Crippen molar-refractivity contribution in [2.24, 2.45) is 0 Å². The van der Waals surface area contributed by atoms with Gasteiger partial charge in [0.25, 0.3) is 0 Å². The summed E-state index contributed by atoms with van der Waals surface area (Å²) in [4.78, 5) is -0.621. The summed E-state index contributed by atoms with van der Waals surface area (Å²) < 4.78 is 52.7. The first kappa shape index (κ1) is 18.2. The lowest BCUT2D eigenvalue weighted by Crippen LogP contribution is -2.26. The highest BCUT2D eigenvalue weighted by Crippen LogP contribution is 2.20. The number of sulfonamides is 1. The molecule has 0 saturated heterocycles. The van der Waals surface area contributed by atoms with Crippen LogP contribution >= 0.6 is 11.8 Å². The highest BCUT2D eigenvalue weighted by molar-refractivity contribution is 7.98. The molecular weight excluding hydrogens is 318 g/mol. The van der Waals surface area contributed by atoms with Crippen LogP contribution in [-0.4, -0.2) is 27.0 Å². The van der Waals surface area contributed by atoms with Gasteiger partial charge in [0.05, 0.1) is 5.69 Å². The number of benzene rings is 1. The maximum Gasteiger partial charge on any atom is 0.243 e. The van der Waals surface area contributed by atoms with Crippen molar-refractivity contribution in [2.75, 3.05) is 24.3 Å². The van der Waals surface area contributed by atoms with Gasteiger partial charge in [-0.2, -0.15) is 11.8 Å². The van der Waals surface area contributed by atoms with Gasteiger partial charge < -0.3 is 5.73 Å². The van der Waals surface area contributed by atoms with Crippen LogP contribution < -0.4 is 10.5 Å². The number of unbranched alkanes of at least 4 members (excludes halogenated alkanes) is 3. The van der Waals surface area contributed by atoms with E-state index in [0.717, 1.165) is 31.1 Å². The Balaban J connectivity index is 2.53. The first-order valence-electron chi connectivity index (χ1n) is 6.61. The Kier molecular flexibility index (Phi) is 7.41. The van der Waals surface area contributed by atoms with Gasteiger partial charge in [0.1, 0.15) is 16.5 Å². The van der Waals surface area contributed by atoms with Gasteiger partial charge >= 0.3 is 0 Å². The largest absolute Gasteiger partial charge is 0.396 e. The molecule has 1 aromatic rings. The Hall–Kier alpha value is -0.860. The molecular formula is C13H20F2N2O2S2. The van der Waals surface area contributed by atoms with E-state index in [1.54, 1.807) is 11.8 Å². The SMILES string of the molecule is CSCCCCCCNS(=O)(=O)c1cc(N)c(F)cc1F. The molecule has 0 aromatic heterocycles. The lowest BCUT2D eigenvalue weighted by molar-refractivity contribution is 0.542. The average Bonchev–Trinajstić information content (AvgIpc) is 2.41. The zero-order chi connectivity index (χ0) is 15.9. The minimum atomic E-state index is -4.00. The zero-order valence-corrected chi connectivity index (χ0v) is 13.5. The summed E-state index contributed by atoms with van der Waals surface area (Å²) in [5, 5.41) is 0. The number of hydrogen-bond acceptors (Lipinski definition) is 4. The van der Waals surface area contributed by atoms with Crippen LogP contribution in [0.3, 0.4) is 0 Å². The van der Waals surface area contributed by atoms with E-state index in [9.17, 15) is 17.2 Å². The number of nitrogens with one attached hydrogen (secondary N) is 1. The first-order chi connectivity index (χ1) is 9.88. The molecule has 8 heteroatoms. The van der Waals surface area contributed by atoms with E-state index >= 15 is 0 Å². The lowest BCUT2D eigenvalue weighted by atomic mass is 10.2. The highest BCUT2D eigenvalue weighted by Gasteiger charge is 2.20. The molecule has 0 atom stereocenters. The molecule has 0 heterocycles. The summed E-state index contributed by atoms with van der Waals surface area (Å²) in [6.07, 6.45) is 5.73. The summed E-state index contributed by atoms with van der Waals surface area (Å²) in [6, 6.07) is 1.28. The third-order valence-corrected chi connectivity index (χ3v) is 5.08. The normalized spacial score (nSPS) is 11.8. The number of hydrogen-bond donors (Lipinski definition) is 2. The van der Waals surface area contributed by atoms with Crippen molar-refractivity contribution in [3.8, 4) is 0 Å². The molecule has 21 heavy (non-hydrogen) atoms. The third kappa shape index (κ3) is 5.80. The maximum absolute atomic E-state index is 13.5. The molecule has 0 spiro atoms. The minimum Gasteiger partial charge on any atom is -0.396 e. The second kappa shape index (κ2) is 8.55. The summed E-state index contributed by atoms with van der Waals surface area (Å²) >= 11 is 1.78. The fourth-order valence-corrected chi connectivity index (χ4v) is 3.42. The second-order valence-corrected chi connectivity index (χ2v) is 7.33. The molecule has 0 aliphatic carbocycles. The third-order valence-electron chi connectivity index (χ3n) is 2.91. The van der Waals surface area contributed by atoms with E-state index in [2.05, 4.69) is 4.72 Å². The molecule has 0 fully saturated rings. The maximum atomic E-state index is 13.5. The minimum absolute atomic E-state index is 0.221. The molecule has 0 radical (unpaired) electrons. The van der Waals surface area contributed by atoms with E-state index in [1.807, 2.05) is 6.26 Å². The number of halogens is 2. The first-order valence-corrected chi connectivity index (χ1v) is 9.49. The monoisotopic (exact) mass is 338 g/mol. The van der Waals surface area contributed by atoms with Gasteiger partial charge in [-0.25, -0.2) is 21.9 Å². The number of thioether (sulfide) groups is 1. The Labute approximate surface area is 128 Å². The fraction of sp³-hybridized carbons (Fsp3) is 0.538. The van der Waals surface area contributed by atoms with Crippen molar-refractivity contribution in [1.82, 2.24) is 4.72 Å². The lowest BCUT2D eigenvalue weighted by Gasteiger charge is -2.09. The van der Waals surface area contributed by atoms with Crippen LogP contribution in [0.4, 0.5) is 14.5 Å². The van der Waals surface area contributed by atoms with Crippen molar-refractivity contribution in [3.63, 3.8) is 0 Å². The van der Waals surface area contributed by atoms with Crippen LogP contribution in [-0.2, 0) is 10.0 Å². The van der Waals surface area contributed by atoms with Gasteiger partial charge in [-0.05, 0) is 30.9 Å². The van der Waals surface area contributed by atoms with Crippen LogP contribution in [0.1, 0.15) is 25.7 Å². The Morgan fingerprint density at radius 2 is 1.81 bits per heavy atom. The number of nitrogens with two attached hydrogens (primary N) is 1. The van der Waals surface area contributed by atoms with Crippen molar-refractivity contribution in [1.29, 1.82) is 0 Å². The quantitative estimate of drug-likeness (QED) is 0.536. The Bertz CT molecular complexity index is 566. The summed E-state index contributed by atoms with van der Waals surface area (Å²) in [6.45, 7) is 0.221. The van der Waals surface area contributed by atoms with Gasteiger partial charge in [-0.3, -0.25) is 0 Å². The Morgan fingerprint density at radius 3 is 2.48 bits per heavy atom. The summed E-state index contributed by atoms with van der Waals surface area (Å²) in [5.41, 5.74) is 4.88. The molecule has 4 nitrogen and oxygen atoms in total. The highest BCUT2D eigenvalue weighted by atomic mass is 32.2. The van der Waals surface area contributed by atoms with Crippen LogP contribution in [0.5, 0.6) is 0 Å². The molecule has 1 aromatic carbocycles. The second-order valence-electron chi connectivity index (χ2n) is 4.61. The van der Waals surface area contributed by atoms with Crippen LogP contribution in [0, 0.1) is 11.6 Å². The van der Waals surface area contributed by atoms with Crippen molar-refractivity contribution < 1.29 is 17.2 Å². The topological polar surface area (TPSA) is 72.2 Å². The molecule has 3 N–H and O–H groups in total. The molecule has 1 rings (SSSR count). The fourth-order valence-electron chi connectivity index (χ4n) is 1.76. The molecule has 0 aliphatic rings. The molecule has 0 unspecified atom stereocenters. The van der Waals surface area contributed by atoms with Gasteiger partial charge in [-0.1, -0.05) is 12.8 Å². The van der Waals surface area contributed by atoms with Crippen LogP contribution in [0.25, 0.3) is 0 Å². The molecule has 120 valence electrons. The van der Waals surface area contributed by atoms with E-state index in [4.69, 9.17) is 5.73 Å². The summed E-state index contributed by atoms with van der Waals surface area (Å²) in [5.74, 6) is -1.03. The van der Waals surface area contributed by atoms with Crippen molar-refractivity contribution >= 4 is 27.5 Å². The Morgan fingerprint density at radius 1 is 1.14 bits per heavy atom. The van der Waals surface area contributed by atoms with Crippen LogP contribution in [0.15, 0.2) is 17.0 Å². The van der Waals surface area contributed by atoms with E-state index in [0.29, 0.717) is 12.5 Å². The van der Waals surface area contributed by atoms with E-state index in [-0.39, 0.29) is 6.54 Å². The molecule has 0 aliphatic heterocycles.